The molecule has 2 aromatic carbocycles. The number of hydrogen-bond acceptors (Lipinski definition) is 4. The molecule has 34 heavy (non-hydrogen) atoms. The van der Waals surface area contributed by atoms with Gasteiger partial charge >= 0.3 is 0 Å². The predicted octanol–water partition coefficient (Wildman–Crippen LogP) is 3.83. The highest BCUT2D eigenvalue weighted by Gasteiger charge is 2.26. The van der Waals surface area contributed by atoms with Crippen molar-refractivity contribution >= 4 is 43.5 Å². The van der Waals surface area contributed by atoms with Crippen LogP contribution in [0.5, 0.6) is 0 Å². The maximum Gasteiger partial charge on any atom is 0.242 e. The van der Waals surface area contributed by atoms with Gasteiger partial charge in [0.1, 0.15) is 6.04 Å². The van der Waals surface area contributed by atoms with E-state index in [1.54, 1.807) is 13.8 Å². The van der Waals surface area contributed by atoms with E-state index in [0.717, 1.165) is 38.8 Å². The van der Waals surface area contributed by atoms with Gasteiger partial charge in [-0.2, -0.15) is 0 Å². The van der Waals surface area contributed by atoms with Crippen molar-refractivity contribution in [1.82, 2.24) is 10.2 Å². The first-order valence-electron chi connectivity index (χ1n) is 10.7. The van der Waals surface area contributed by atoms with Gasteiger partial charge in [0.05, 0.1) is 11.9 Å². The Bertz CT molecular complexity index is 1110. The molecule has 7 nitrogen and oxygen atoms in total. The molecular weight excluding hydrogens is 532 g/mol. The topological polar surface area (TPSA) is 86.8 Å². The fourth-order valence-electron chi connectivity index (χ4n) is 3.34. The minimum absolute atomic E-state index is 0.0312. The maximum atomic E-state index is 13.6. The normalized spacial score (nSPS) is 12.2. The molecule has 0 saturated carbocycles. The summed E-state index contributed by atoms with van der Waals surface area (Å²) in [5.74, 6) is -2.89. The summed E-state index contributed by atoms with van der Waals surface area (Å²) >= 11 is 3.36. The Morgan fingerprint density at radius 3 is 2.29 bits per heavy atom. The summed E-state index contributed by atoms with van der Waals surface area (Å²) in [5.41, 5.74) is 0.795. The molecular formula is C23H28BrF2N3O4S. The number of benzene rings is 2. The minimum Gasteiger partial charge on any atom is -0.355 e. The second-order valence-electron chi connectivity index (χ2n) is 7.76. The lowest BCUT2D eigenvalue weighted by atomic mass is 10.1. The maximum absolute atomic E-state index is 13.6. The van der Waals surface area contributed by atoms with Crippen LogP contribution < -0.4 is 9.62 Å². The molecule has 0 aliphatic rings. The Morgan fingerprint density at radius 2 is 1.74 bits per heavy atom. The second kappa shape index (κ2) is 12.3. The first kappa shape index (κ1) is 27.7. The summed E-state index contributed by atoms with van der Waals surface area (Å²) in [7, 11) is -3.80. The van der Waals surface area contributed by atoms with E-state index in [2.05, 4.69) is 21.2 Å². The number of amides is 2. The molecule has 186 valence electrons. The fourth-order valence-corrected chi connectivity index (χ4v) is 4.56. The Kier molecular flexibility index (Phi) is 9.99. The molecule has 0 aromatic heterocycles. The first-order valence-corrected chi connectivity index (χ1v) is 13.3. The molecule has 0 aliphatic carbocycles. The molecule has 2 aromatic rings. The van der Waals surface area contributed by atoms with Crippen molar-refractivity contribution in [3.8, 4) is 0 Å². The second-order valence-corrected chi connectivity index (χ2v) is 10.6. The number of hydrogen-bond donors (Lipinski definition) is 1. The summed E-state index contributed by atoms with van der Waals surface area (Å²) in [6.45, 7) is 3.91. The number of sulfonamides is 1. The van der Waals surface area contributed by atoms with E-state index in [1.807, 2.05) is 24.3 Å². The summed E-state index contributed by atoms with van der Waals surface area (Å²) in [6, 6.07) is 9.41. The Hall–Kier alpha value is -2.53. The van der Waals surface area contributed by atoms with Crippen molar-refractivity contribution in [1.29, 1.82) is 0 Å². The number of nitrogens with one attached hydrogen (secondary N) is 1. The third kappa shape index (κ3) is 7.76. The number of anilines is 1. The number of carbonyl (C=O) groups is 2. The monoisotopic (exact) mass is 559 g/mol. The number of rotatable bonds is 11. The van der Waals surface area contributed by atoms with Gasteiger partial charge in [0.15, 0.2) is 11.6 Å². The lowest BCUT2D eigenvalue weighted by Gasteiger charge is -2.29. The molecule has 0 radical (unpaired) electrons. The zero-order valence-electron chi connectivity index (χ0n) is 19.2. The highest BCUT2D eigenvalue weighted by Crippen LogP contribution is 2.22. The third-order valence-electron chi connectivity index (χ3n) is 5.13. The van der Waals surface area contributed by atoms with Crippen LogP contribution in [0.2, 0.25) is 0 Å². The molecule has 0 saturated heterocycles. The van der Waals surface area contributed by atoms with Gasteiger partial charge in [-0.1, -0.05) is 28.1 Å². The highest BCUT2D eigenvalue weighted by molar-refractivity contribution is 9.10. The quantitative estimate of drug-likeness (QED) is 0.453. The number of halogens is 3. The smallest absolute Gasteiger partial charge is 0.242 e. The fraction of sp³-hybridized carbons (Fsp3) is 0.391. The molecule has 0 fully saturated rings. The SMILES string of the molecule is CCNC(=O)C(C)N(Cc1ccc(Br)cc1)C(=O)CCCN(c1ccc(F)c(F)c1)S(C)(=O)=O. The average Bonchev–Trinajstić information content (AvgIpc) is 2.77. The van der Waals surface area contributed by atoms with Crippen molar-refractivity contribution in [3.05, 3.63) is 64.1 Å². The van der Waals surface area contributed by atoms with E-state index in [-0.39, 0.29) is 43.4 Å². The van der Waals surface area contributed by atoms with Gasteiger partial charge in [-0.25, -0.2) is 17.2 Å². The molecule has 0 bridgehead atoms. The van der Waals surface area contributed by atoms with Gasteiger partial charge in [-0.3, -0.25) is 13.9 Å². The number of nitrogens with zero attached hydrogens (tertiary/aromatic N) is 2. The van der Waals surface area contributed by atoms with Gasteiger partial charge in [0.25, 0.3) is 0 Å². The van der Waals surface area contributed by atoms with Crippen molar-refractivity contribution in [3.63, 3.8) is 0 Å². The van der Waals surface area contributed by atoms with E-state index < -0.39 is 27.7 Å². The van der Waals surface area contributed by atoms with Crippen LogP contribution in [-0.2, 0) is 26.2 Å². The van der Waals surface area contributed by atoms with Crippen LogP contribution in [-0.4, -0.2) is 50.5 Å². The molecule has 1 unspecified atom stereocenters. The van der Waals surface area contributed by atoms with Gasteiger partial charge in [-0.05, 0) is 50.1 Å². The number of carbonyl (C=O) groups excluding carboxylic acids is 2. The summed E-state index contributed by atoms with van der Waals surface area (Å²) in [5, 5.41) is 2.71. The molecule has 2 rings (SSSR count). The largest absolute Gasteiger partial charge is 0.355 e. The lowest BCUT2D eigenvalue weighted by Crippen LogP contribution is -2.47. The van der Waals surface area contributed by atoms with Crippen LogP contribution in [0.1, 0.15) is 32.3 Å². The van der Waals surface area contributed by atoms with Crippen molar-refractivity contribution in [2.75, 3.05) is 23.7 Å². The average molecular weight is 560 g/mol. The van der Waals surface area contributed by atoms with Crippen molar-refractivity contribution in [2.45, 2.75) is 39.3 Å². The van der Waals surface area contributed by atoms with Gasteiger partial charge in [0, 0.05) is 36.6 Å². The molecule has 1 atom stereocenters. The number of likely N-dealkylation sites (N-methyl/N-ethyl adjacent to an activating group) is 1. The molecule has 2 amide bonds. The van der Waals surface area contributed by atoms with E-state index in [9.17, 15) is 26.8 Å². The van der Waals surface area contributed by atoms with Gasteiger partial charge in [0.2, 0.25) is 21.8 Å². The van der Waals surface area contributed by atoms with Crippen LogP contribution in [0.25, 0.3) is 0 Å². The summed E-state index contributed by atoms with van der Waals surface area (Å²) in [6.07, 6.45) is 1.02. The molecule has 1 N–H and O–H groups in total. The van der Waals surface area contributed by atoms with E-state index in [1.165, 1.54) is 4.90 Å². The third-order valence-corrected chi connectivity index (χ3v) is 6.85. The van der Waals surface area contributed by atoms with Crippen LogP contribution in [0, 0.1) is 11.6 Å². The van der Waals surface area contributed by atoms with Crippen LogP contribution >= 0.6 is 15.9 Å². The van der Waals surface area contributed by atoms with Crippen LogP contribution in [0.3, 0.4) is 0 Å². The standard InChI is InChI=1S/C23H28BrF2N3O4S/c1-4-27-23(31)16(2)28(15-17-7-9-18(24)10-8-17)22(30)6-5-13-29(34(3,32)33)19-11-12-20(25)21(26)14-19/h7-12,14,16H,4-6,13,15H2,1-3H3,(H,27,31). The van der Waals surface area contributed by atoms with Crippen LogP contribution in [0.4, 0.5) is 14.5 Å². The van der Waals surface area contributed by atoms with E-state index >= 15 is 0 Å². The van der Waals surface area contributed by atoms with E-state index in [0.29, 0.717) is 6.54 Å². The summed E-state index contributed by atoms with van der Waals surface area (Å²) < 4.78 is 53.2. The zero-order chi connectivity index (χ0) is 25.5. The van der Waals surface area contributed by atoms with Gasteiger partial charge < -0.3 is 10.2 Å². The zero-order valence-corrected chi connectivity index (χ0v) is 21.6. The highest BCUT2D eigenvalue weighted by atomic mass is 79.9. The molecule has 0 heterocycles. The molecule has 11 heteroatoms. The van der Waals surface area contributed by atoms with Crippen LogP contribution in [0.15, 0.2) is 46.9 Å². The Labute approximate surface area is 207 Å². The molecule has 0 spiro atoms. The molecule has 0 aliphatic heterocycles. The minimum atomic E-state index is -3.80. The van der Waals surface area contributed by atoms with E-state index in [4.69, 9.17) is 0 Å². The first-order chi connectivity index (χ1) is 15.9. The Morgan fingerprint density at radius 1 is 1.09 bits per heavy atom. The Balaban J connectivity index is 2.16. The predicted molar refractivity (Wildman–Crippen MR) is 131 cm³/mol. The van der Waals surface area contributed by atoms with Crippen molar-refractivity contribution in [2.24, 2.45) is 0 Å². The van der Waals surface area contributed by atoms with Gasteiger partial charge in [-0.15, -0.1) is 0 Å². The summed E-state index contributed by atoms with van der Waals surface area (Å²) in [4.78, 5) is 27.0. The van der Waals surface area contributed by atoms with Crippen molar-refractivity contribution < 1.29 is 26.8 Å². The lowest BCUT2D eigenvalue weighted by molar-refractivity contribution is -0.140.